The molecule has 0 heterocycles. The van der Waals surface area contributed by atoms with Gasteiger partial charge in [0.2, 0.25) is 0 Å². The van der Waals surface area contributed by atoms with Gasteiger partial charge in [0.1, 0.15) is 5.78 Å². The van der Waals surface area contributed by atoms with Crippen molar-refractivity contribution in [3.8, 4) is 0 Å². The summed E-state index contributed by atoms with van der Waals surface area (Å²) in [7, 11) is 0. The SMILES string of the molecule is CC(=O)C(CCO)CCOCc1ccccc1. The Bertz CT molecular complexity index is 321. The molecule has 0 amide bonds. The maximum atomic E-state index is 11.2. The van der Waals surface area contributed by atoms with Gasteiger partial charge in [-0.3, -0.25) is 4.79 Å². The molecule has 0 saturated heterocycles. The van der Waals surface area contributed by atoms with Crippen LogP contribution in [0.25, 0.3) is 0 Å². The zero-order valence-electron chi connectivity index (χ0n) is 10.3. The second-order valence-electron chi connectivity index (χ2n) is 4.15. The van der Waals surface area contributed by atoms with E-state index in [0.717, 1.165) is 5.56 Å². The number of hydrogen-bond donors (Lipinski definition) is 1. The van der Waals surface area contributed by atoms with Crippen LogP contribution < -0.4 is 0 Å². The lowest BCUT2D eigenvalue weighted by Crippen LogP contribution is -2.15. The monoisotopic (exact) mass is 236 g/mol. The maximum absolute atomic E-state index is 11.2. The van der Waals surface area contributed by atoms with Gasteiger partial charge in [0, 0.05) is 19.1 Å². The van der Waals surface area contributed by atoms with Crippen LogP contribution >= 0.6 is 0 Å². The summed E-state index contributed by atoms with van der Waals surface area (Å²) < 4.78 is 5.51. The smallest absolute Gasteiger partial charge is 0.133 e. The first-order valence-electron chi connectivity index (χ1n) is 5.97. The van der Waals surface area contributed by atoms with Crippen LogP contribution in [0.4, 0.5) is 0 Å². The van der Waals surface area contributed by atoms with Crippen LogP contribution in [0.15, 0.2) is 30.3 Å². The Hall–Kier alpha value is -1.19. The summed E-state index contributed by atoms with van der Waals surface area (Å²) >= 11 is 0. The molecule has 0 aromatic heterocycles. The van der Waals surface area contributed by atoms with Crippen LogP contribution in [0.3, 0.4) is 0 Å². The molecule has 0 fully saturated rings. The van der Waals surface area contributed by atoms with Crippen LogP contribution in [0.1, 0.15) is 25.3 Å². The molecule has 0 aliphatic carbocycles. The molecule has 0 saturated carbocycles. The summed E-state index contributed by atoms with van der Waals surface area (Å²) in [5.74, 6) is 0.0538. The highest BCUT2D eigenvalue weighted by Gasteiger charge is 2.12. The van der Waals surface area contributed by atoms with Gasteiger partial charge in [-0.1, -0.05) is 30.3 Å². The summed E-state index contributed by atoms with van der Waals surface area (Å²) in [5, 5.41) is 8.83. The number of carbonyl (C=O) groups is 1. The van der Waals surface area contributed by atoms with Crippen molar-refractivity contribution in [1.82, 2.24) is 0 Å². The number of aliphatic hydroxyl groups is 1. The molecule has 0 aliphatic heterocycles. The van der Waals surface area contributed by atoms with E-state index in [9.17, 15) is 4.79 Å². The van der Waals surface area contributed by atoms with Crippen molar-refractivity contribution in [2.24, 2.45) is 5.92 Å². The number of benzene rings is 1. The second kappa shape index (κ2) is 7.98. The number of Topliss-reactive ketones (excluding diaryl/α,β-unsaturated/α-hetero) is 1. The molecule has 94 valence electrons. The van der Waals surface area contributed by atoms with E-state index in [4.69, 9.17) is 9.84 Å². The molecule has 1 unspecified atom stereocenters. The number of aliphatic hydroxyl groups excluding tert-OH is 1. The van der Waals surface area contributed by atoms with Gasteiger partial charge in [-0.2, -0.15) is 0 Å². The minimum atomic E-state index is -0.0734. The number of rotatable bonds is 8. The normalized spacial score (nSPS) is 12.4. The largest absolute Gasteiger partial charge is 0.396 e. The lowest BCUT2D eigenvalue weighted by atomic mass is 9.98. The van der Waals surface area contributed by atoms with E-state index < -0.39 is 0 Å². The molecular weight excluding hydrogens is 216 g/mol. The highest BCUT2D eigenvalue weighted by Crippen LogP contribution is 2.10. The average Bonchev–Trinajstić information content (AvgIpc) is 2.34. The summed E-state index contributed by atoms with van der Waals surface area (Å²) in [5.41, 5.74) is 1.13. The van der Waals surface area contributed by atoms with Gasteiger partial charge in [-0.25, -0.2) is 0 Å². The highest BCUT2D eigenvalue weighted by molar-refractivity contribution is 5.78. The van der Waals surface area contributed by atoms with Gasteiger partial charge in [0.05, 0.1) is 6.61 Å². The molecule has 3 heteroatoms. The van der Waals surface area contributed by atoms with Gasteiger partial charge in [0.25, 0.3) is 0 Å². The van der Waals surface area contributed by atoms with Crippen molar-refractivity contribution < 1.29 is 14.6 Å². The molecule has 0 aliphatic rings. The Morgan fingerprint density at radius 2 is 2.00 bits per heavy atom. The van der Waals surface area contributed by atoms with E-state index in [1.807, 2.05) is 30.3 Å². The van der Waals surface area contributed by atoms with Crippen molar-refractivity contribution in [3.63, 3.8) is 0 Å². The van der Waals surface area contributed by atoms with Gasteiger partial charge < -0.3 is 9.84 Å². The van der Waals surface area contributed by atoms with Gasteiger partial charge in [0.15, 0.2) is 0 Å². The molecule has 0 radical (unpaired) electrons. The number of ether oxygens (including phenoxy) is 1. The number of ketones is 1. The molecule has 0 spiro atoms. The van der Waals surface area contributed by atoms with Gasteiger partial charge in [-0.05, 0) is 25.3 Å². The summed E-state index contributed by atoms with van der Waals surface area (Å²) in [6.45, 7) is 2.75. The third-order valence-corrected chi connectivity index (χ3v) is 2.77. The maximum Gasteiger partial charge on any atom is 0.133 e. The number of carbonyl (C=O) groups excluding carboxylic acids is 1. The third-order valence-electron chi connectivity index (χ3n) is 2.77. The molecule has 17 heavy (non-hydrogen) atoms. The van der Waals surface area contributed by atoms with E-state index in [-0.39, 0.29) is 18.3 Å². The Morgan fingerprint density at radius 3 is 2.59 bits per heavy atom. The fourth-order valence-electron chi connectivity index (χ4n) is 1.70. The average molecular weight is 236 g/mol. The van der Waals surface area contributed by atoms with E-state index in [1.165, 1.54) is 0 Å². The summed E-state index contributed by atoms with van der Waals surface area (Å²) in [6.07, 6.45) is 1.22. The Kier molecular flexibility index (Phi) is 6.51. The van der Waals surface area contributed by atoms with Crippen molar-refractivity contribution in [2.75, 3.05) is 13.2 Å². The van der Waals surface area contributed by atoms with Crippen LogP contribution in [-0.4, -0.2) is 24.1 Å². The summed E-state index contributed by atoms with van der Waals surface area (Å²) in [6, 6.07) is 9.94. The fraction of sp³-hybridized carbons (Fsp3) is 0.500. The van der Waals surface area contributed by atoms with Crippen LogP contribution in [0.2, 0.25) is 0 Å². The second-order valence-corrected chi connectivity index (χ2v) is 4.15. The van der Waals surface area contributed by atoms with Crippen molar-refractivity contribution >= 4 is 5.78 Å². The number of hydrogen-bond acceptors (Lipinski definition) is 3. The molecule has 1 N–H and O–H groups in total. The van der Waals surface area contributed by atoms with E-state index in [0.29, 0.717) is 26.1 Å². The van der Waals surface area contributed by atoms with E-state index in [1.54, 1.807) is 6.92 Å². The van der Waals surface area contributed by atoms with Crippen molar-refractivity contribution in [3.05, 3.63) is 35.9 Å². The lowest BCUT2D eigenvalue weighted by Gasteiger charge is -2.12. The standard InChI is InChI=1S/C14H20O3/c1-12(16)14(7-9-15)8-10-17-11-13-5-3-2-4-6-13/h2-6,14-15H,7-11H2,1H3. The Labute approximate surface area is 102 Å². The van der Waals surface area contributed by atoms with Crippen LogP contribution in [0.5, 0.6) is 0 Å². The Morgan fingerprint density at radius 1 is 1.29 bits per heavy atom. The van der Waals surface area contributed by atoms with Gasteiger partial charge in [-0.15, -0.1) is 0 Å². The molecule has 1 atom stereocenters. The predicted molar refractivity (Wildman–Crippen MR) is 66.6 cm³/mol. The first-order valence-corrected chi connectivity index (χ1v) is 5.97. The van der Waals surface area contributed by atoms with Crippen LogP contribution in [0, 0.1) is 5.92 Å². The first-order chi connectivity index (χ1) is 8.24. The minimum absolute atomic E-state index is 0.0585. The van der Waals surface area contributed by atoms with E-state index in [2.05, 4.69) is 0 Å². The fourth-order valence-corrected chi connectivity index (χ4v) is 1.70. The molecule has 1 rings (SSSR count). The molecule has 3 nitrogen and oxygen atoms in total. The quantitative estimate of drug-likeness (QED) is 0.704. The molecule has 1 aromatic rings. The predicted octanol–water partition coefficient (Wildman–Crippen LogP) is 2.18. The zero-order chi connectivity index (χ0) is 12.5. The zero-order valence-corrected chi connectivity index (χ0v) is 10.3. The molecule has 1 aromatic carbocycles. The van der Waals surface area contributed by atoms with Crippen molar-refractivity contribution in [1.29, 1.82) is 0 Å². The highest BCUT2D eigenvalue weighted by atomic mass is 16.5. The topological polar surface area (TPSA) is 46.5 Å². The third kappa shape index (κ3) is 5.61. The minimum Gasteiger partial charge on any atom is -0.396 e. The lowest BCUT2D eigenvalue weighted by molar-refractivity contribution is -0.121. The van der Waals surface area contributed by atoms with E-state index >= 15 is 0 Å². The summed E-state index contributed by atoms with van der Waals surface area (Å²) in [4.78, 5) is 11.2. The van der Waals surface area contributed by atoms with Gasteiger partial charge >= 0.3 is 0 Å². The Balaban J connectivity index is 2.20. The molecular formula is C14H20O3. The van der Waals surface area contributed by atoms with Crippen molar-refractivity contribution in [2.45, 2.75) is 26.4 Å². The van der Waals surface area contributed by atoms with Crippen LogP contribution in [-0.2, 0) is 16.1 Å². The first kappa shape index (κ1) is 13.9. The molecule has 0 bridgehead atoms.